The Kier molecular flexibility index (Phi) is 7.60. The molecule has 2 aromatic carbocycles. The van der Waals surface area contributed by atoms with Gasteiger partial charge in [-0.3, -0.25) is 0 Å². The molecule has 0 aliphatic carbocycles. The maximum Gasteiger partial charge on any atom is 0.118 e. The number of rotatable bonds is 10. The molecule has 1 N–H and O–H groups in total. The molecule has 2 aromatic rings. The van der Waals surface area contributed by atoms with E-state index in [1.807, 2.05) is 54.6 Å². The molecule has 124 valence electrons. The van der Waals surface area contributed by atoms with Gasteiger partial charge in [-0.25, -0.2) is 0 Å². The van der Waals surface area contributed by atoms with E-state index in [4.69, 9.17) is 14.2 Å². The molecule has 0 radical (unpaired) electrons. The average molecular weight is 316 g/mol. The highest BCUT2D eigenvalue weighted by molar-refractivity contribution is 5.26. The summed E-state index contributed by atoms with van der Waals surface area (Å²) in [7, 11) is 1.65. The highest BCUT2D eigenvalue weighted by Crippen LogP contribution is 2.12. The number of aliphatic hydroxyl groups is 1. The van der Waals surface area contributed by atoms with Crippen molar-refractivity contribution in [2.45, 2.75) is 25.7 Å². The van der Waals surface area contributed by atoms with Gasteiger partial charge in [0.25, 0.3) is 0 Å². The van der Waals surface area contributed by atoms with Crippen molar-refractivity contribution < 1.29 is 19.3 Å². The lowest BCUT2D eigenvalue weighted by molar-refractivity contribution is 0.00522. The third kappa shape index (κ3) is 6.82. The van der Waals surface area contributed by atoms with E-state index in [0.29, 0.717) is 32.8 Å². The van der Waals surface area contributed by atoms with Gasteiger partial charge >= 0.3 is 0 Å². The lowest BCUT2D eigenvalue weighted by Crippen LogP contribution is -2.17. The second-order valence-electron chi connectivity index (χ2n) is 5.34. The van der Waals surface area contributed by atoms with E-state index in [1.165, 1.54) is 0 Å². The zero-order valence-electron chi connectivity index (χ0n) is 13.5. The molecule has 0 fully saturated rings. The van der Waals surface area contributed by atoms with Gasteiger partial charge in [0.1, 0.15) is 5.75 Å². The van der Waals surface area contributed by atoms with Crippen LogP contribution in [0, 0.1) is 0 Å². The predicted octanol–water partition coefficient (Wildman–Crippen LogP) is 3.18. The highest BCUT2D eigenvalue weighted by Gasteiger charge is 2.05. The van der Waals surface area contributed by atoms with E-state index in [1.54, 1.807) is 7.11 Å². The van der Waals surface area contributed by atoms with Crippen LogP contribution in [0.25, 0.3) is 0 Å². The summed E-state index contributed by atoms with van der Waals surface area (Å²) in [6.07, 6.45) is 0.0554. The van der Waals surface area contributed by atoms with Gasteiger partial charge < -0.3 is 19.3 Å². The Morgan fingerprint density at radius 2 is 1.52 bits per heavy atom. The lowest BCUT2D eigenvalue weighted by Gasteiger charge is -2.12. The minimum Gasteiger partial charge on any atom is -0.497 e. The summed E-state index contributed by atoms with van der Waals surface area (Å²) in [4.78, 5) is 0. The van der Waals surface area contributed by atoms with Crippen molar-refractivity contribution in [2.75, 3.05) is 20.3 Å². The Balaban J connectivity index is 1.54. The van der Waals surface area contributed by atoms with Gasteiger partial charge in [0.2, 0.25) is 0 Å². The SMILES string of the molecule is COc1ccc(COCC[C@H](O)COCc2ccccc2)cc1. The minimum atomic E-state index is -0.505. The molecule has 23 heavy (non-hydrogen) atoms. The van der Waals surface area contributed by atoms with Crippen LogP contribution in [0.5, 0.6) is 5.75 Å². The van der Waals surface area contributed by atoms with Crippen LogP contribution in [0.15, 0.2) is 54.6 Å². The van der Waals surface area contributed by atoms with Crippen LogP contribution >= 0.6 is 0 Å². The standard InChI is InChI=1S/C19H24O4/c1-21-19-9-7-17(8-10-19)13-22-12-11-18(20)15-23-14-16-5-3-2-4-6-16/h2-10,18,20H,11-15H2,1H3/t18-/m0/s1. The van der Waals surface area contributed by atoms with Crippen LogP contribution in [0.4, 0.5) is 0 Å². The zero-order valence-corrected chi connectivity index (χ0v) is 13.5. The van der Waals surface area contributed by atoms with Gasteiger partial charge in [0.05, 0.1) is 33.0 Å². The molecular weight excluding hydrogens is 292 g/mol. The molecule has 0 aliphatic heterocycles. The predicted molar refractivity (Wildman–Crippen MR) is 89.4 cm³/mol. The van der Waals surface area contributed by atoms with Crippen LogP contribution in [0.1, 0.15) is 17.5 Å². The molecule has 4 nitrogen and oxygen atoms in total. The van der Waals surface area contributed by atoms with Gasteiger partial charge in [-0.2, -0.15) is 0 Å². The second kappa shape index (κ2) is 10.0. The van der Waals surface area contributed by atoms with Crippen molar-refractivity contribution in [3.05, 3.63) is 65.7 Å². The number of hydrogen-bond donors (Lipinski definition) is 1. The maximum atomic E-state index is 9.87. The molecule has 0 amide bonds. The Bertz CT molecular complexity index is 539. The highest BCUT2D eigenvalue weighted by atomic mass is 16.5. The van der Waals surface area contributed by atoms with Crippen molar-refractivity contribution >= 4 is 0 Å². The van der Waals surface area contributed by atoms with Crippen LogP contribution in [-0.4, -0.2) is 31.5 Å². The molecule has 0 aliphatic rings. The summed E-state index contributed by atoms with van der Waals surface area (Å²) in [5, 5.41) is 9.87. The fourth-order valence-corrected chi connectivity index (χ4v) is 2.10. The molecule has 0 aromatic heterocycles. The van der Waals surface area contributed by atoms with E-state index in [2.05, 4.69) is 0 Å². The molecule has 0 unspecified atom stereocenters. The molecule has 4 heteroatoms. The second-order valence-corrected chi connectivity index (χ2v) is 5.34. The summed E-state index contributed by atoms with van der Waals surface area (Å²) in [6.45, 7) is 1.87. The Morgan fingerprint density at radius 1 is 0.870 bits per heavy atom. The van der Waals surface area contributed by atoms with Crippen LogP contribution in [0.3, 0.4) is 0 Å². The minimum absolute atomic E-state index is 0.320. The maximum absolute atomic E-state index is 9.87. The number of methoxy groups -OCH3 is 1. The topological polar surface area (TPSA) is 47.9 Å². The zero-order chi connectivity index (χ0) is 16.3. The van der Waals surface area contributed by atoms with Crippen molar-refractivity contribution in [1.29, 1.82) is 0 Å². The van der Waals surface area contributed by atoms with E-state index >= 15 is 0 Å². The normalized spacial score (nSPS) is 12.1. The third-order valence-corrected chi connectivity index (χ3v) is 3.44. The van der Waals surface area contributed by atoms with Crippen molar-refractivity contribution in [2.24, 2.45) is 0 Å². The monoisotopic (exact) mass is 316 g/mol. The molecule has 0 saturated carbocycles. The number of benzene rings is 2. The van der Waals surface area contributed by atoms with Gasteiger partial charge in [-0.05, 0) is 29.7 Å². The molecule has 0 bridgehead atoms. The number of ether oxygens (including phenoxy) is 3. The average Bonchev–Trinajstić information content (AvgIpc) is 2.60. The Morgan fingerprint density at radius 3 is 2.22 bits per heavy atom. The lowest BCUT2D eigenvalue weighted by atomic mass is 10.2. The first-order valence-electron chi connectivity index (χ1n) is 7.78. The van der Waals surface area contributed by atoms with E-state index in [0.717, 1.165) is 16.9 Å². The number of aliphatic hydroxyl groups excluding tert-OH is 1. The Hall–Kier alpha value is -1.88. The van der Waals surface area contributed by atoms with E-state index in [9.17, 15) is 5.11 Å². The fraction of sp³-hybridized carbons (Fsp3) is 0.368. The van der Waals surface area contributed by atoms with Gasteiger partial charge in [0, 0.05) is 6.61 Å². The Labute approximate surface area is 137 Å². The molecule has 0 spiro atoms. The van der Waals surface area contributed by atoms with Gasteiger partial charge in [-0.1, -0.05) is 42.5 Å². The van der Waals surface area contributed by atoms with Gasteiger partial charge in [-0.15, -0.1) is 0 Å². The van der Waals surface area contributed by atoms with Gasteiger partial charge in [0.15, 0.2) is 0 Å². The van der Waals surface area contributed by atoms with Crippen LogP contribution in [0.2, 0.25) is 0 Å². The summed E-state index contributed by atoms with van der Waals surface area (Å²) in [6, 6.07) is 17.7. The summed E-state index contributed by atoms with van der Waals surface area (Å²) >= 11 is 0. The van der Waals surface area contributed by atoms with Crippen molar-refractivity contribution in [3.63, 3.8) is 0 Å². The van der Waals surface area contributed by atoms with Crippen molar-refractivity contribution in [3.8, 4) is 5.75 Å². The smallest absolute Gasteiger partial charge is 0.118 e. The molecule has 2 rings (SSSR count). The van der Waals surface area contributed by atoms with Crippen LogP contribution < -0.4 is 4.74 Å². The number of hydrogen-bond acceptors (Lipinski definition) is 4. The molecular formula is C19H24O4. The molecule has 0 saturated heterocycles. The van der Waals surface area contributed by atoms with Crippen molar-refractivity contribution in [1.82, 2.24) is 0 Å². The molecule has 1 atom stereocenters. The summed E-state index contributed by atoms with van der Waals surface area (Å²) in [5.41, 5.74) is 2.19. The molecule has 0 heterocycles. The quantitative estimate of drug-likeness (QED) is 0.684. The first kappa shape index (κ1) is 17.5. The summed E-state index contributed by atoms with van der Waals surface area (Å²) < 4.78 is 16.2. The summed E-state index contributed by atoms with van der Waals surface area (Å²) in [5.74, 6) is 0.833. The van der Waals surface area contributed by atoms with E-state index < -0.39 is 6.10 Å². The first-order chi connectivity index (χ1) is 11.3. The largest absolute Gasteiger partial charge is 0.497 e. The van der Waals surface area contributed by atoms with E-state index in [-0.39, 0.29) is 0 Å². The first-order valence-corrected chi connectivity index (χ1v) is 7.78. The fourth-order valence-electron chi connectivity index (χ4n) is 2.10. The third-order valence-electron chi connectivity index (χ3n) is 3.44. The van der Waals surface area contributed by atoms with Crippen LogP contribution in [-0.2, 0) is 22.7 Å².